The molecule has 0 saturated carbocycles. The van der Waals surface area contributed by atoms with Gasteiger partial charge >= 0.3 is 6.09 Å². The molecule has 0 fully saturated rings. The minimum Gasteiger partial charge on any atom is -0.449 e. The van der Waals surface area contributed by atoms with Crippen LogP contribution in [0.5, 0.6) is 0 Å². The van der Waals surface area contributed by atoms with Gasteiger partial charge in [-0.2, -0.15) is 0 Å². The van der Waals surface area contributed by atoms with Gasteiger partial charge in [0.2, 0.25) is 0 Å². The second kappa shape index (κ2) is 8.27. The summed E-state index contributed by atoms with van der Waals surface area (Å²) < 4.78 is 5.57. The third-order valence-corrected chi connectivity index (χ3v) is 5.66. The van der Waals surface area contributed by atoms with Crippen LogP contribution in [0.1, 0.15) is 34.2 Å². The smallest absolute Gasteiger partial charge is 0.407 e. The van der Waals surface area contributed by atoms with Gasteiger partial charge in [0.15, 0.2) is 0 Å². The molecule has 1 amide bonds. The molecular formula is C24H22ClNO3. The molecule has 3 aromatic rings. The largest absolute Gasteiger partial charge is 0.449 e. The highest BCUT2D eigenvalue weighted by Gasteiger charge is 2.29. The molecule has 29 heavy (non-hydrogen) atoms. The normalized spacial score (nSPS) is 13.5. The maximum atomic E-state index is 12.5. The highest BCUT2D eigenvalue weighted by atomic mass is 35.5. The molecule has 2 N–H and O–H groups in total. The second-order valence-corrected chi connectivity index (χ2v) is 7.64. The van der Waals surface area contributed by atoms with Crippen LogP contribution < -0.4 is 5.32 Å². The Bertz CT molecular complexity index is 1000. The summed E-state index contributed by atoms with van der Waals surface area (Å²) in [5, 5.41) is 13.1. The number of ether oxygens (including phenoxy) is 1. The Morgan fingerprint density at radius 2 is 1.69 bits per heavy atom. The van der Waals surface area contributed by atoms with Gasteiger partial charge in [0.1, 0.15) is 6.61 Å². The molecule has 5 heteroatoms. The molecule has 3 aromatic carbocycles. The Morgan fingerprint density at radius 1 is 1.07 bits per heavy atom. The van der Waals surface area contributed by atoms with Crippen LogP contribution in [0.2, 0.25) is 5.02 Å². The first kappa shape index (κ1) is 19.5. The van der Waals surface area contributed by atoms with Crippen LogP contribution in [-0.2, 0) is 4.74 Å². The van der Waals surface area contributed by atoms with Gasteiger partial charge in [0, 0.05) is 10.9 Å². The van der Waals surface area contributed by atoms with Gasteiger partial charge in [-0.15, -0.1) is 0 Å². The Morgan fingerprint density at radius 3 is 2.28 bits per heavy atom. The lowest BCUT2D eigenvalue weighted by atomic mass is 9.98. The van der Waals surface area contributed by atoms with Gasteiger partial charge in [-0.25, -0.2) is 4.79 Å². The zero-order valence-corrected chi connectivity index (χ0v) is 16.8. The molecule has 148 valence electrons. The molecule has 1 aliphatic carbocycles. The van der Waals surface area contributed by atoms with Crippen LogP contribution in [0.15, 0.2) is 66.7 Å². The van der Waals surface area contributed by atoms with E-state index < -0.39 is 12.1 Å². The molecule has 4 rings (SSSR count). The predicted molar refractivity (Wildman–Crippen MR) is 114 cm³/mol. The number of carbonyl (C=O) groups excluding carboxylic acids is 1. The lowest BCUT2D eigenvalue weighted by Crippen LogP contribution is -2.32. The van der Waals surface area contributed by atoms with Crippen molar-refractivity contribution in [3.05, 3.63) is 94.0 Å². The summed E-state index contributed by atoms with van der Waals surface area (Å²) >= 11 is 6.00. The van der Waals surface area contributed by atoms with Crippen molar-refractivity contribution in [3.8, 4) is 11.1 Å². The minimum atomic E-state index is -0.555. The number of rotatable bonds is 5. The van der Waals surface area contributed by atoms with Gasteiger partial charge in [-0.1, -0.05) is 66.2 Å². The summed E-state index contributed by atoms with van der Waals surface area (Å²) in [6.07, 6.45) is -0.555. The van der Waals surface area contributed by atoms with E-state index in [2.05, 4.69) is 29.6 Å². The number of aryl methyl sites for hydroxylation is 1. The van der Waals surface area contributed by atoms with E-state index in [4.69, 9.17) is 16.3 Å². The Labute approximate surface area is 175 Å². The predicted octanol–water partition coefficient (Wildman–Crippen LogP) is 5.22. The fourth-order valence-electron chi connectivity index (χ4n) is 4.03. The summed E-state index contributed by atoms with van der Waals surface area (Å²) in [4.78, 5) is 12.5. The van der Waals surface area contributed by atoms with E-state index >= 15 is 0 Å². The van der Waals surface area contributed by atoms with E-state index in [1.807, 2.05) is 37.3 Å². The lowest BCUT2D eigenvalue weighted by molar-refractivity contribution is 0.132. The number of aliphatic hydroxyl groups is 1. The van der Waals surface area contributed by atoms with Crippen molar-refractivity contribution in [2.24, 2.45) is 0 Å². The second-order valence-electron chi connectivity index (χ2n) is 7.21. The van der Waals surface area contributed by atoms with Crippen molar-refractivity contribution >= 4 is 17.7 Å². The van der Waals surface area contributed by atoms with Crippen LogP contribution in [0.4, 0.5) is 4.79 Å². The van der Waals surface area contributed by atoms with Crippen molar-refractivity contribution in [3.63, 3.8) is 0 Å². The van der Waals surface area contributed by atoms with E-state index in [-0.39, 0.29) is 19.1 Å². The zero-order valence-electron chi connectivity index (χ0n) is 16.1. The van der Waals surface area contributed by atoms with Crippen LogP contribution in [0.25, 0.3) is 11.1 Å². The number of hydrogen-bond acceptors (Lipinski definition) is 3. The summed E-state index contributed by atoms with van der Waals surface area (Å²) in [5.74, 6) is -0.00186. The summed E-state index contributed by atoms with van der Waals surface area (Å²) in [6, 6.07) is 21.2. The number of amides is 1. The monoisotopic (exact) mass is 407 g/mol. The van der Waals surface area contributed by atoms with Crippen molar-refractivity contribution in [1.29, 1.82) is 0 Å². The minimum absolute atomic E-state index is 0.00186. The van der Waals surface area contributed by atoms with Crippen molar-refractivity contribution in [1.82, 2.24) is 5.32 Å². The van der Waals surface area contributed by atoms with Crippen LogP contribution in [0.3, 0.4) is 0 Å². The van der Waals surface area contributed by atoms with Crippen molar-refractivity contribution in [2.75, 3.05) is 13.2 Å². The average Bonchev–Trinajstić information content (AvgIpc) is 3.05. The third kappa shape index (κ3) is 3.86. The first-order valence-corrected chi connectivity index (χ1v) is 9.94. The number of fused-ring (bicyclic) bond motifs is 3. The number of hydrogen-bond donors (Lipinski definition) is 2. The molecule has 0 saturated heterocycles. The van der Waals surface area contributed by atoms with E-state index in [1.165, 1.54) is 11.1 Å². The van der Waals surface area contributed by atoms with Crippen LogP contribution in [-0.4, -0.2) is 24.4 Å². The SMILES string of the molecule is Cc1cc(Cl)ccc1C(CO)NC(=O)OCC1c2ccccc2-c2ccccc21. The number of halogens is 1. The number of aliphatic hydroxyl groups excluding tert-OH is 1. The maximum absolute atomic E-state index is 12.5. The quantitative estimate of drug-likeness (QED) is 0.609. The van der Waals surface area contributed by atoms with Gasteiger partial charge in [0.05, 0.1) is 12.6 Å². The van der Waals surface area contributed by atoms with E-state index in [0.717, 1.165) is 22.3 Å². The fourth-order valence-corrected chi connectivity index (χ4v) is 4.26. The van der Waals surface area contributed by atoms with Crippen molar-refractivity contribution in [2.45, 2.75) is 18.9 Å². The Hall–Kier alpha value is -2.82. The molecule has 1 unspecified atom stereocenters. The molecule has 0 heterocycles. The first-order valence-electron chi connectivity index (χ1n) is 9.57. The van der Waals surface area contributed by atoms with Gasteiger partial charge in [-0.05, 0) is 52.4 Å². The summed E-state index contributed by atoms with van der Waals surface area (Å²) in [6.45, 7) is 1.90. The molecule has 0 aliphatic heterocycles. The topological polar surface area (TPSA) is 58.6 Å². The van der Waals surface area contributed by atoms with Crippen LogP contribution in [0, 0.1) is 6.92 Å². The third-order valence-electron chi connectivity index (χ3n) is 5.43. The molecule has 0 bridgehead atoms. The lowest BCUT2D eigenvalue weighted by Gasteiger charge is -2.20. The number of carbonyl (C=O) groups is 1. The molecule has 1 atom stereocenters. The molecule has 0 radical (unpaired) electrons. The molecule has 4 nitrogen and oxygen atoms in total. The van der Waals surface area contributed by atoms with Crippen LogP contribution >= 0.6 is 11.6 Å². The Kier molecular flexibility index (Phi) is 5.56. The molecule has 0 spiro atoms. The fraction of sp³-hybridized carbons (Fsp3) is 0.208. The van der Waals surface area contributed by atoms with Gasteiger partial charge in [-0.3, -0.25) is 0 Å². The summed E-state index contributed by atoms with van der Waals surface area (Å²) in [5.41, 5.74) is 6.40. The molecule has 1 aliphatic rings. The van der Waals surface area contributed by atoms with Gasteiger partial charge in [0.25, 0.3) is 0 Å². The Balaban J connectivity index is 1.47. The van der Waals surface area contributed by atoms with Crippen molar-refractivity contribution < 1.29 is 14.6 Å². The van der Waals surface area contributed by atoms with E-state index in [9.17, 15) is 9.90 Å². The average molecular weight is 408 g/mol. The van der Waals surface area contributed by atoms with E-state index in [1.54, 1.807) is 12.1 Å². The highest BCUT2D eigenvalue weighted by Crippen LogP contribution is 2.44. The van der Waals surface area contributed by atoms with Gasteiger partial charge < -0.3 is 15.2 Å². The maximum Gasteiger partial charge on any atom is 0.407 e. The number of benzene rings is 3. The standard InChI is InChI=1S/C24H22ClNO3/c1-15-12-16(25)10-11-17(15)23(13-27)26-24(28)29-14-22-20-8-4-2-6-18(20)19-7-3-5-9-21(19)22/h2-12,22-23,27H,13-14H2,1H3,(H,26,28). The highest BCUT2D eigenvalue weighted by molar-refractivity contribution is 6.30. The van der Waals surface area contributed by atoms with E-state index in [0.29, 0.717) is 5.02 Å². The zero-order chi connectivity index (χ0) is 20.4. The summed E-state index contributed by atoms with van der Waals surface area (Å²) in [7, 11) is 0. The molecule has 0 aromatic heterocycles. The number of alkyl carbamates (subject to hydrolysis) is 1. The molecular weight excluding hydrogens is 386 g/mol. The first-order chi connectivity index (χ1) is 14.1. The number of nitrogens with one attached hydrogen (secondary N) is 1.